The zero-order valence-electron chi connectivity index (χ0n) is 19.8. The van der Waals surface area contributed by atoms with E-state index in [4.69, 9.17) is 4.98 Å². The lowest BCUT2D eigenvalue weighted by Crippen LogP contribution is -2.28. The number of carbonyl (C=O) groups excluding carboxylic acids is 1. The molecule has 1 saturated carbocycles. The lowest BCUT2D eigenvalue weighted by atomic mass is 9.85. The molecular formula is C28H22N8O. The Balaban J connectivity index is 1.26. The van der Waals surface area contributed by atoms with Gasteiger partial charge in [-0.25, -0.2) is 4.98 Å². The van der Waals surface area contributed by atoms with Crippen molar-refractivity contribution < 1.29 is 4.79 Å². The molecule has 37 heavy (non-hydrogen) atoms. The molecule has 0 atom stereocenters. The van der Waals surface area contributed by atoms with E-state index in [0.29, 0.717) is 17.2 Å². The smallest absolute Gasteiger partial charge is 0.227 e. The van der Waals surface area contributed by atoms with Gasteiger partial charge in [-0.2, -0.15) is 5.10 Å². The number of fused-ring (bicyclic) bond motifs is 2. The number of para-hydroxylation sites is 1. The molecular weight excluding hydrogens is 464 g/mol. The first-order valence-electron chi connectivity index (χ1n) is 12.2. The van der Waals surface area contributed by atoms with Gasteiger partial charge in [-0.3, -0.25) is 24.8 Å². The van der Waals surface area contributed by atoms with Crippen LogP contribution in [0.1, 0.15) is 19.3 Å². The highest BCUT2D eigenvalue weighted by Gasteiger charge is 2.25. The summed E-state index contributed by atoms with van der Waals surface area (Å²) in [5, 5.41) is 11.5. The number of aromatic nitrogens is 7. The van der Waals surface area contributed by atoms with E-state index < -0.39 is 0 Å². The van der Waals surface area contributed by atoms with Crippen molar-refractivity contribution in [1.82, 2.24) is 35.1 Å². The van der Waals surface area contributed by atoms with Gasteiger partial charge in [0.25, 0.3) is 0 Å². The molecule has 0 aliphatic heterocycles. The minimum Gasteiger partial charge on any atom is -0.337 e. The van der Waals surface area contributed by atoms with E-state index >= 15 is 0 Å². The van der Waals surface area contributed by atoms with Crippen molar-refractivity contribution >= 4 is 33.5 Å². The molecule has 0 saturated heterocycles. The first-order chi connectivity index (χ1) is 18.2. The summed E-state index contributed by atoms with van der Waals surface area (Å²) >= 11 is 0. The second kappa shape index (κ2) is 8.63. The molecule has 1 aromatic carbocycles. The molecule has 3 N–H and O–H groups in total. The number of hydrogen-bond donors (Lipinski definition) is 3. The molecule has 1 fully saturated rings. The summed E-state index contributed by atoms with van der Waals surface area (Å²) in [5.41, 5.74) is 7.49. The Morgan fingerprint density at radius 3 is 2.70 bits per heavy atom. The van der Waals surface area contributed by atoms with Crippen LogP contribution in [0.2, 0.25) is 0 Å². The average molecular weight is 487 g/mol. The zero-order valence-corrected chi connectivity index (χ0v) is 19.8. The highest BCUT2D eigenvalue weighted by molar-refractivity contribution is 5.98. The average Bonchev–Trinajstić information content (AvgIpc) is 3.52. The Kier molecular flexibility index (Phi) is 4.99. The van der Waals surface area contributed by atoms with Crippen LogP contribution < -0.4 is 5.32 Å². The van der Waals surface area contributed by atoms with E-state index in [1.807, 2.05) is 48.7 Å². The van der Waals surface area contributed by atoms with Crippen LogP contribution in [0, 0.1) is 5.92 Å². The summed E-state index contributed by atoms with van der Waals surface area (Å²) in [5.74, 6) is 0.824. The van der Waals surface area contributed by atoms with Gasteiger partial charge in [0.15, 0.2) is 5.82 Å². The van der Waals surface area contributed by atoms with Gasteiger partial charge >= 0.3 is 0 Å². The third-order valence-corrected chi connectivity index (χ3v) is 6.93. The Hall–Kier alpha value is -4.92. The monoisotopic (exact) mass is 486 g/mol. The van der Waals surface area contributed by atoms with Crippen molar-refractivity contribution in [3.63, 3.8) is 0 Å². The maximum absolute atomic E-state index is 12.4. The number of benzene rings is 1. The number of nitrogens with one attached hydrogen (secondary N) is 3. The van der Waals surface area contributed by atoms with Gasteiger partial charge in [-0.1, -0.05) is 24.6 Å². The van der Waals surface area contributed by atoms with E-state index in [1.165, 1.54) is 0 Å². The quantitative estimate of drug-likeness (QED) is 0.301. The third kappa shape index (κ3) is 3.81. The largest absolute Gasteiger partial charge is 0.337 e. The lowest BCUT2D eigenvalue weighted by molar-refractivity contribution is -0.122. The minimum atomic E-state index is 0.0567. The van der Waals surface area contributed by atoms with E-state index in [2.05, 4.69) is 35.5 Å². The topological polar surface area (TPSA) is 125 Å². The molecule has 5 heterocycles. The molecule has 0 bridgehead atoms. The Morgan fingerprint density at radius 2 is 1.86 bits per heavy atom. The molecule has 7 rings (SSSR count). The second-order valence-corrected chi connectivity index (χ2v) is 9.30. The van der Waals surface area contributed by atoms with Gasteiger partial charge in [0.1, 0.15) is 5.69 Å². The maximum Gasteiger partial charge on any atom is 0.227 e. The fraction of sp³-hybridized carbons (Fsp3) is 0.143. The summed E-state index contributed by atoms with van der Waals surface area (Å²) in [6, 6.07) is 13.9. The number of hydrogen-bond acceptors (Lipinski definition) is 6. The van der Waals surface area contributed by atoms with Crippen LogP contribution in [-0.4, -0.2) is 41.0 Å². The Labute approximate surface area is 211 Å². The normalized spacial score (nSPS) is 13.6. The molecule has 0 unspecified atom stereocenters. The SMILES string of the molecule is O=C(Nc1cncc(-c2cc3c(-c4nc5c(-c6cccnc6)cccc5[nH]4)n[nH]c3cn2)c1)C1CCC1. The van der Waals surface area contributed by atoms with Gasteiger partial charge in [0, 0.05) is 46.6 Å². The summed E-state index contributed by atoms with van der Waals surface area (Å²) in [7, 11) is 0. The predicted octanol–water partition coefficient (Wildman–Crippen LogP) is 5.36. The van der Waals surface area contributed by atoms with Crippen LogP contribution in [0.3, 0.4) is 0 Å². The number of pyridine rings is 3. The predicted molar refractivity (Wildman–Crippen MR) is 141 cm³/mol. The first kappa shape index (κ1) is 21.4. The van der Waals surface area contributed by atoms with E-state index in [-0.39, 0.29) is 11.8 Å². The van der Waals surface area contributed by atoms with Crippen LogP contribution in [0.5, 0.6) is 0 Å². The molecule has 1 aliphatic carbocycles. The van der Waals surface area contributed by atoms with Crippen molar-refractivity contribution in [2.75, 3.05) is 5.32 Å². The number of imidazole rings is 1. The number of nitrogens with zero attached hydrogens (tertiary/aromatic N) is 5. The molecule has 9 nitrogen and oxygen atoms in total. The van der Waals surface area contributed by atoms with Gasteiger partial charge in [-0.15, -0.1) is 0 Å². The highest BCUT2D eigenvalue weighted by Crippen LogP contribution is 2.33. The van der Waals surface area contributed by atoms with E-state index in [1.54, 1.807) is 24.8 Å². The van der Waals surface area contributed by atoms with Crippen LogP contribution >= 0.6 is 0 Å². The Bertz CT molecular complexity index is 1770. The highest BCUT2D eigenvalue weighted by atomic mass is 16.1. The molecule has 0 spiro atoms. The number of aromatic amines is 2. The summed E-state index contributed by atoms with van der Waals surface area (Å²) < 4.78 is 0. The minimum absolute atomic E-state index is 0.0567. The first-order valence-corrected chi connectivity index (χ1v) is 12.2. The number of carbonyl (C=O) groups is 1. The maximum atomic E-state index is 12.4. The molecule has 0 radical (unpaired) electrons. The summed E-state index contributed by atoms with van der Waals surface area (Å²) in [4.78, 5) is 33.9. The lowest BCUT2D eigenvalue weighted by Gasteiger charge is -2.24. The van der Waals surface area contributed by atoms with Gasteiger partial charge < -0.3 is 10.3 Å². The summed E-state index contributed by atoms with van der Waals surface area (Å²) in [6.45, 7) is 0. The third-order valence-electron chi connectivity index (χ3n) is 6.93. The van der Waals surface area contributed by atoms with Gasteiger partial charge in [0.05, 0.1) is 40.3 Å². The number of H-pyrrole nitrogens is 2. The van der Waals surface area contributed by atoms with Gasteiger partial charge in [-0.05, 0) is 37.1 Å². The van der Waals surface area contributed by atoms with Crippen LogP contribution in [0.4, 0.5) is 5.69 Å². The van der Waals surface area contributed by atoms with Crippen LogP contribution in [0.15, 0.2) is 73.4 Å². The van der Waals surface area contributed by atoms with Crippen molar-refractivity contribution in [3.8, 4) is 33.9 Å². The molecule has 6 aromatic rings. The number of rotatable bonds is 5. The van der Waals surface area contributed by atoms with E-state index in [0.717, 1.165) is 63.6 Å². The van der Waals surface area contributed by atoms with Crippen LogP contribution in [-0.2, 0) is 4.79 Å². The fourth-order valence-corrected chi connectivity index (χ4v) is 4.72. The zero-order chi connectivity index (χ0) is 24.8. The van der Waals surface area contributed by atoms with Gasteiger partial charge in [0.2, 0.25) is 5.91 Å². The standard InChI is InChI=1S/C28H22N8O/c37-28(16-4-1-5-16)32-19-10-18(13-30-14-19)23-11-21-24(15-31-23)35-36-26(21)27-33-22-8-2-7-20(25(22)34-27)17-6-3-9-29-12-17/h2-3,6-16H,1,4-5H2,(H,32,37)(H,33,34)(H,35,36). The summed E-state index contributed by atoms with van der Waals surface area (Å²) in [6.07, 6.45) is 11.8. The van der Waals surface area contributed by atoms with Crippen molar-refractivity contribution in [2.24, 2.45) is 5.92 Å². The fourth-order valence-electron chi connectivity index (χ4n) is 4.72. The Morgan fingerprint density at radius 1 is 0.946 bits per heavy atom. The molecule has 5 aromatic heterocycles. The van der Waals surface area contributed by atoms with Crippen molar-refractivity contribution in [1.29, 1.82) is 0 Å². The number of amides is 1. The van der Waals surface area contributed by atoms with Crippen molar-refractivity contribution in [2.45, 2.75) is 19.3 Å². The van der Waals surface area contributed by atoms with E-state index in [9.17, 15) is 4.79 Å². The number of anilines is 1. The molecule has 1 aliphatic rings. The molecule has 9 heteroatoms. The second-order valence-electron chi connectivity index (χ2n) is 9.30. The molecule has 1 amide bonds. The van der Waals surface area contributed by atoms with Crippen molar-refractivity contribution in [3.05, 3.63) is 73.4 Å². The van der Waals surface area contributed by atoms with Crippen LogP contribution in [0.25, 0.3) is 55.8 Å². The molecule has 180 valence electrons.